The van der Waals surface area contributed by atoms with Crippen molar-refractivity contribution in [2.24, 2.45) is 0 Å². The summed E-state index contributed by atoms with van der Waals surface area (Å²) < 4.78 is 47.8. The van der Waals surface area contributed by atoms with Crippen LogP contribution in [-0.2, 0) is 28.9 Å². The molecule has 6 N–H and O–H groups in total. The number of carbonyl (C=O) groups excluding carboxylic acids is 1. The quantitative estimate of drug-likeness (QED) is 0.0193. The van der Waals surface area contributed by atoms with E-state index in [1.54, 1.807) is 6.08 Å². The zero-order valence-corrected chi connectivity index (χ0v) is 45.0. The highest BCUT2D eigenvalue weighted by Gasteiger charge is 2.48. The van der Waals surface area contributed by atoms with E-state index in [0.29, 0.717) is 6.42 Å². The smallest absolute Gasteiger partial charge is 0.394 e. The van der Waals surface area contributed by atoms with Gasteiger partial charge in [0.1, 0.15) is 24.4 Å². The van der Waals surface area contributed by atoms with Crippen LogP contribution in [0.3, 0.4) is 0 Å². The first-order chi connectivity index (χ1) is 33.5. The molecule has 13 heteroatoms. The molecular weight excluding hydrogens is 895 g/mol. The first-order valence-electron chi connectivity index (χ1n) is 28.7. The standard InChI is InChI=1S/C56H107NO11S/c1-3-5-7-9-11-13-15-17-19-20-21-22-23-24-25-26-27-28-29-30-31-32-34-36-38-40-42-44-46-52(60)57-49(48-66-56-54(62)55(68-69(63,64)65)53(61)51(47-58)67-56)50(59)45-43-41-39-37-35-33-18-16-14-12-10-8-6-4-2/h24-25,43,45,49-51,53-56,58-59,61-62H,3-23,26-42,44,46-48H2,1-2H3,(H,57,60)(H,63,64,65)/b25-24-,45-43+. The highest BCUT2D eigenvalue weighted by molar-refractivity contribution is 7.80. The second-order valence-electron chi connectivity index (χ2n) is 20.2. The van der Waals surface area contributed by atoms with Gasteiger partial charge in [-0.05, 0) is 44.9 Å². The molecule has 7 unspecified atom stereocenters. The summed E-state index contributed by atoms with van der Waals surface area (Å²) in [5, 5.41) is 44.9. The molecule has 69 heavy (non-hydrogen) atoms. The number of rotatable bonds is 50. The third-order valence-electron chi connectivity index (χ3n) is 13.7. The lowest BCUT2D eigenvalue weighted by molar-refractivity contribution is -0.298. The number of unbranched alkanes of at least 4 members (excludes halogenated alkanes) is 36. The minimum atomic E-state index is -5.09. The first-order valence-corrected chi connectivity index (χ1v) is 30.1. The largest absolute Gasteiger partial charge is 0.397 e. The number of allylic oxidation sites excluding steroid dienone is 3. The van der Waals surface area contributed by atoms with E-state index in [1.807, 2.05) is 6.08 Å². The van der Waals surface area contributed by atoms with E-state index in [0.717, 1.165) is 38.5 Å². The molecule has 1 heterocycles. The maximum Gasteiger partial charge on any atom is 0.397 e. The fourth-order valence-corrected chi connectivity index (χ4v) is 9.78. The first kappa shape index (κ1) is 65.6. The van der Waals surface area contributed by atoms with Crippen LogP contribution in [0.2, 0.25) is 0 Å². The molecule has 0 aromatic rings. The topological polar surface area (TPSA) is 192 Å². The van der Waals surface area contributed by atoms with E-state index >= 15 is 0 Å². The molecule has 0 saturated carbocycles. The van der Waals surface area contributed by atoms with Crippen LogP contribution in [0.15, 0.2) is 24.3 Å². The van der Waals surface area contributed by atoms with Crippen LogP contribution < -0.4 is 5.32 Å². The van der Waals surface area contributed by atoms with Gasteiger partial charge in [-0.2, -0.15) is 8.42 Å². The molecule has 0 radical (unpaired) electrons. The van der Waals surface area contributed by atoms with Gasteiger partial charge in [-0.15, -0.1) is 0 Å². The van der Waals surface area contributed by atoms with Gasteiger partial charge in [0.2, 0.25) is 5.91 Å². The third kappa shape index (κ3) is 38.8. The van der Waals surface area contributed by atoms with Gasteiger partial charge < -0.3 is 35.2 Å². The zero-order chi connectivity index (χ0) is 50.5. The van der Waals surface area contributed by atoms with Gasteiger partial charge in [0.15, 0.2) is 6.29 Å². The molecule has 1 saturated heterocycles. The Morgan fingerprint density at radius 2 is 0.928 bits per heavy atom. The van der Waals surface area contributed by atoms with Gasteiger partial charge in [0, 0.05) is 6.42 Å². The van der Waals surface area contributed by atoms with Gasteiger partial charge >= 0.3 is 10.4 Å². The van der Waals surface area contributed by atoms with E-state index in [4.69, 9.17) is 9.47 Å². The highest BCUT2D eigenvalue weighted by Crippen LogP contribution is 2.26. The summed E-state index contributed by atoms with van der Waals surface area (Å²) in [6, 6.07) is -0.942. The van der Waals surface area contributed by atoms with Crippen molar-refractivity contribution in [1.82, 2.24) is 5.32 Å². The van der Waals surface area contributed by atoms with Gasteiger partial charge in [0.05, 0.1) is 25.4 Å². The molecule has 12 nitrogen and oxygen atoms in total. The van der Waals surface area contributed by atoms with Crippen LogP contribution in [0.25, 0.3) is 0 Å². The minimum absolute atomic E-state index is 0.260. The average molecular weight is 1000 g/mol. The monoisotopic (exact) mass is 1000 g/mol. The minimum Gasteiger partial charge on any atom is -0.394 e. The molecule has 1 rings (SSSR count). The molecule has 0 aromatic carbocycles. The fraction of sp³-hybridized carbons (Fsp3) is 0.911. The summed E-state index contributed by atoms with van der Waals surface area (Å²) >= 11 is 0. The second-order valence-corrected chi connectivity index (χ2v) is 21.3. The lowest BCUT2D eigenvalue weighted by atomic mass is 9.99. The van der Waals surface area contributed by atoms with Crippen molar-refractivity contribution in [1.29, 1.82) is 0 Å². The van der Waals surface area contributed by atoms with E-state index in [2.05, 4.69) is 35.5 Å². The molecule has 0 aromatic heterocycles. The Hall–Kier alpha value is -1.42. The Bertz CT molecular complexity index is 1320. The maximum absolute atomic E-state index is 13.1. The number of amides is 1. The summed E-state index contributed by atoms with van der Waals surface area (Å²) in [6.45, 7) is 3.42. The Labute approximate surface area is 422 Å². The molecule has 1 aliphatic heterocycles. The van der Waals surface area contributed by atoms with Crippen molar-refractivity contribution in [3.63, 3.8) is 0 Å². The van der Waals surface area contributed by atoms with Crippen molar-refractivity contribution in [3.05, 3.63) is 24.3 Å². The van der Waals surface area contributed by atoms with Crippen LogP contribution in [0.5, 0.6) is 0 Å². The zero-order valence-electron chi connectivity index (χ0n) is 44.1. The number of carbonyl (C=O) groups is 1. The molecule has 1 fully saturated rings. The van der Waals surface area contributed by atoms with Crippen molar-refractivity contribution in [2.45, 2.75) is 314 Å². The van der Waals surface area contributed by atoms with Gasteiger partial charge in [-0.1, -0.05) is 244 Å². The van der Waals surface area contributed by atoms with E-state index in [-0.39, 0.29) is 18.9 Å². The Morgan fingerprint density at radius 3 is 1.30 bits per heavy atom. The maximum atomic E-state index is 13.1. The Kier molecular flexibility index (Phi) is 44.1. The summed E-state index contributed by atoms with van der Waals surface area (Å²) in [5.41, 5.74) is 0. The lowest BCUT2D eigenvalue weighted by Gasteiger charge is -2.41. The molecule has 7 atom stereocenters. The van der Waals surface area contributed by atoms with E-state index < -0.39 is 59.9 Å². The number of hydrogen-bond acceptors (Lipinski definition) is 10. The van der Waals surface area contributed by atoms with Crippen molar-refractivity contribution >= 4 is 16.3 Å². The number of aliphatic hydroxyl groups is 4. The summed E-state index contributed by atoms with van der Waals surface area (Å²) in [5.74, 6) is -0.260. The third-order valence-corrected chi connectivity index (χ3v) is 14.2. The number of nitrogens with one attached hydrogen (secondary N) is 1. The van der Waals surface area contributed by atoms with Crippen LogP contribution in [0, 0.1) is 0 Å². The molecule has 0 bridgehead atoms. The van der Waals surface area contributed by atoms with Crippen molar-refractivity contribution < 1.29 is 51.8 Å². The van der Waals surface area contributed by atoms with Crippen molar-refractivity contribution in [2.75, 3.05) is 13.2 Å². The molecule has 1 amide bonds. The Morgan fingerprint density at radius 1 is 0.565 bits per heavy atom. The number of ether oxygens (including phenoxy) is 2. The van der Waals surface area contributed by atoms with E-state index in [9.17, 15) is 38.2 Å². The summed E-state index contributed by atoms with van der Waals surface area (Å²) in [4.78, 5) is 13.1. The number of hydrogen-bond donors (Lipinski definition) is 6. The molecule has 1 aliphatic rings. The molecule has 0 spiro atoms. The second kappa shape index (κ2) is 46.4. The van der Waals surface area contributed by atoms with Gasteiger partial charge in [0.25, 0.3) is 0 Å². The Balaban J connectivity index is 2.31. The summed E-state index contributed by atoms with van der Waals surface area (Å²) in [7, 11) is -5.09. The molecular formula is C56H107NO11S. The van der Waals surface area contributed by atoms with Crippen LogP contribution in [0.4, 0.5) is 0 Å². The van der Waals surface area contributed by atoms with E-state index in [1.165, 1.54) is 205 Å². The number of aliphatic hydroxyl groups excluding tert-OH is 4. The highest BCUT2D eigenvalue weighted by atomic mass is 32.3. The lowest BCUT2D eigenvalue weighted by Crippen LogP contribution is -2.61. The average Bonchev–Trinajstić information content (AvgIpc) is 3.32. The predicted molar refractivity (Wildman–Crippen MR) is 282 cm³/mol. The van der Waals surface area contributed by atoms with Gasteiger partial charge in [-0.3, -0.25) is 9.35 Å². The molecule has 408 valence electrons. The van der Waals surface area contributed by atoms with Crippen LogP contribution in [0.1, 0.15) is 271 Å². The van der Waals surface area contributed by atoms with Crippen LogP contribution in [-0.4, -0.2) is 95.4 Å². The fourth-order valence-electron chi connectivity index (χ4n) is 9.28. The van der Waals surface area contributed by atoms with Crippen LogP contribution >= 0.6 is 0 Å². The van der Waals surface area contributed by atoms with Gasteiger partial charge in [-0.25, -0.2) is 4.18 Å². The normalized spacial score (nSPS) is 19.8. The SMILES string of the molecule is CCCCCCCCCCCCCC/C=C\CCCCCCCCCCCCCCC(=O)NC(COC1OC(CO)C(O)C(OS(=O)(=O)O)C1O)C(O)/C=C/CCCCCCCCCCCCCC. The summed E-state index contributed by atoms with van der Waals surface area (Å²) in [6.07, 6.45) is 48.0. The van der Waals surface area contributed by atoms with Crippen molar-refractivity contribution in [3.8, 4) is 0 Å². The molecule has 0 aliphatic carbocycles. The predicted octanol–water partition coefficient (Wildman–Crippen LogP) is 13.2.